The van der Waals surface area contributed by atoms with Gasteiger partial charge in [-0.2, -0.15) is 0 Å². The van der Waals surface area contributed by atoms with E-state index in [2.05, 4.69) is 109 Å². The van der Waals surface area contributed by atoms with Crippen LogP contribution in [0.1, 0.15) is 141 Å². The quantitative estimate of drug-likeness (QED) is 0.239. The highest BCUT2D eigenvalue weighted by molar-refractivity contribution is 5.61. The molecule has 0 unspecified atom stereocenters. The van der Waals surface area contributed by atoms with E-state index in [1.165, 1.54) is 33.4 Å². The Morgan fingerprint density at radius 2 is 0.683 bits per heavy atom. The third-order valence-electron chi connectivity index (χ3n) is 8.17. The smallest absolute Gasteiger partial charge is 0.119 e. The number of benzene rings is 2. The molecule has 0 aliphatic rings. The maximum absolute atomic E-state index is 11.5. The molecule has 232 valence electrons. The molecule has 0 aliphatic carbocycles. The van der Waals surface area contributed by atoms with E-state index in [1.807, 2.05) is 0 Å². The van der Waals surface area contributed by atoms with Gasteiger partial charge in [0.25, 0.3) is 0 Å². The molecule has 0 radical (unpaired) electrons. The van der Waals surface area contributed by atoms with Gasteiger partial charge in [-0.05, 0) is 131 Å². The van der Waals surface area contributed by atoms with Gasteiger partial charge < -0.3 is 10.2 Å². The zero-order valence-corrected chi connectivity index (χ0v) is 29.3. The van der Waals surface area contributed by atoms with Crippen molar-refractivity contribution < 1.29 is 10.2 Å². The normalized spacial score (nSPS) is 12.8. The predicted octanol–water partition coefficient (Wildman–Crippen LogP) is 10.6. The molecule has 2 nitrogen and oxygen atoms in total. The second kappa shape index (κ2) is 14.5. The molecule has 2 rings (SSSR count). The Bertz CT molecular complexity index is 1060. The summed E-state index contributed by atoms with van der Waals surface area (Å²) in [5, 5.41) is 23.0. The molecule has 2 aromatic rings. The molecule has 2 N–H and O–H groups in total. The first-order valence-electron chi connectivity index (χ1n) is 16.6. The van der Waals surface area contributed by atoms with E-state index in [0.29, 0.717) is 47.0 Å². The number of phenolic OH excluding ortho intramolecular Hbond substituents is 2. The van der Waals surface area contributed by atoms with Crippen molar-refractivity contribution >= 4 is 0 Å². The molecule has 0 aliphatic heterocycles. The van der Waals surface area contributed by atoms with E-state index in [0.717, 1.165) is 49.7 Å². The highest BCUT2D eigenvalue weighted by Gasteiger charge is 2.36. The van der Waals surface area contributed by atoms with Gasteiger partial charge >= 0.3 is 0 Å². The fourth-order valence-electron chi connectivity index (χ4n) is 7.07. The average molecular weight is 565 g/mol. The van der Waals surface area contributed by atoms with E-state index in [-0.39, 0.29) is 5.41 Å². The summed E-state index contributed by atoms with van der Waals surface area (Å²) in [6.07, 6.45) is 5.55. The Balaban J connectivity index is 3.20. The number of rotatable bonds is 14. The second-order valence-corrected chi connectivity index (χ2v) is 16.0. The minimum atomic E-state index is -0.290. The van der Waals surface area contributed by atoms with Crippen LogP contribution in [0.15, 0.2) is 12.1 Å². The lowest BCUT2D eigenvalue weighted by molar-refractivity contribution is 0.451. The molecule has 0 saturated heterocycles. The summed E-state index contributed by atoms with van der Waals surface area (Å²) in [4.78, 5) is 0. The molecule has 2 aromatic carbocycles. The predicted molar refractivity (Wildman–Crippen MR) is 180 cm³/mol. The highest BCUT2D eigenvalue weighted by atomic mass is 16.3. The van der Waals surface area contributed by atoms with Gasteiger partial charge in [0.15, 0.2) is 0 Å². The van der Waals surface area contributed by atoms with Crippen molar-refractivity contribution in [1.29, 1.82) is 0 Å². The minimum absolute atomic E-state index is 0.290. The van der Waals surface area contributed by atoms with Gasteiger partial charge in [-0.25, -0.2) is 0 Å². The monoisotopic (exact) mass is 564 g/mol. The van der Waals surface area contributed by atoms with Crippen LogP contribution in [0.4, 0.5) is 0 Å². The van der Waals surface area contributed by atoms with E-state index in [1.54, 1.807) is 0 Å². The van der Waals surface area contributed by atoms with Crippen molar-refractivity contribution in [2.75, 3.05) is 0 Å². The summed E-state index contributed by atoms with van der Waals surface area (Å²) in [5.74, 6) is 3.77. The van der Waals surface area contributed by atoms with Crippen molar-refractivity contribution in [3.8, 4) is 11.5 Å². The third-order valence-corrected chi connectivity index (χ3v) is 8.17. The molecule has 0 spiro atoms. The average Bonchev–Trinajstić information content (AvgIpc) is 2.76. The Morgan fingerprint density at radius 3 is 0.927 bits per heavy atom. The van der Waals surface area contributed by atoms with Crippen LogP contribution in [0.3, 0.4) is 0 Å². The molecule has 0 amide bonds. The summed E-state index contributed by atoms with van der Waals surface area (Å²) >= 11 is 0. The van der Waals surface area contributed by atoms with Crippen molar-refractivity contribution in [3.63, 3.8) is 0 Å². The second-order valence-electron chi connectivity index (χ2n) is 16.0. The summed E-state index contributed by atoms with van der Waals surface area (Å²) in [5.41, 5.74) is 10.1. The Labute approximate surface area is 254 Å². The molecule has 0 saturated carbocycles. The lowest BCUT2D eigenvalue weighted by Crippen LogP contribution is -2.30. The fourth-order valence-corrected chi connectivity index (χ4v) is 7.07. The van der Waals surface area contributed by atoms with E-state index in [4.69, 9.17) is 0 Å². The van der Waals surface area contributed by atoms with E-state index in [9.17, 15) is 10.2 Å². The van der Waals surface area contributed by atoms with Gasteiger partial charge in [-0.1, -0.05) is 96.9 Å². The van der Waals surface area contributed by atoms with Gasteiger partial charge in [0.05, 0.1) is 0 Å². The topological polar surface area (TPSA) is 40.5 Å². The van der Waals surface area contributed by atoms with Crippen molar-refractivity contribution in [2.45, 2.75) is 141 Å². The molecule has 0 atom stereocenters. The SMILES string of the molecule is CC(C)Cc1cc(O)c(CC(C)C)c(CC(C)C)c1C(C)(C)c1c(CC(C)C)cc(O)c(CC(C)C)c1CC(C)C. The molecule has 0 bridgehead atoms. The zero-order chi connectivity index (χ0) is 31.4. The molecule has 0 heterocycles. The molecule has 0 fully saturated rings. The van der Waals surface area contributed by atoms with Crippen LogP contribution >= 0.6 is 0 Å². The van der Waals surface area contributed by atoms with Gasteiger partial charge in [0.1, 0.15) is 11.5 Å². The van der Waals surface area contributed by atoms with Crippen molar-refractivity contribution in [1.82, 2.24) is 0 Å². The Morgan fingerprint density at radius 1 is 0.439 bits per heavy atom. The van der Waals surface area contributed by atoms with Crippen LogP contribution < -0.4 is 0 Å². The van der Waals surface area contributed by atoms with E-state index >= 15 is 0 Å². The maximum atomic E-state index is 11.5. The van der Waals surface area contributed by atoms with E-state index < -0.39 is 0 Å². The Hall–Kier alpha value is -1.96. The van der Waals surface area contributed by atoms with Gasteiger partial charge in [0, 0.05) is 5.41 Å². The maximum Gasteiger partial charge on any atom is 0.119 e. The number of phenols is 2. The summed E-state index contributed by atoms with van der Waals surface area (Å²) in [7, 11) is 0. The van der Waals surface area contributed by atoms with Crippen LogP contribution in [-0.4, -0.2) is 10.2 Å². The van der Waals surface area contributed by atoms with Gasteiger partial charge in [-0.3, -0.25) is 0 Å². The molecular formula is C39H64O2. The van der Waals surface area contributed by atoms with Crippen LogP contribution in [0.25, 0.3) is 0 Å². The standard InChI is InChI=1S/C39H64O2/c1-23(2)15-29-21-35(40)31(17-25(5)6)33(19-27(9)10)37(29)39(13,14)38-30(16-24(3)4)22-36(41)32(18-26(7)8)34(38)20-28(11)12/h21-28,40-41H,15-20H2,1-14H3. The zero-order valence-electron chi connectivity index (χ0n) is 29.3. The summed E-state index contributed by atoms with van der Waals surface area (Å²) < 4.78 is 0. The van der Waals surface area contributed by atoms with Crippen LogP contribution in [0, 0.1) is 35.5 Å². The first kappa shape index (κ1) is 35.2. The molecule has 41 heavy (non-hydrogen) atoms. The number of hydrogen-bond acceptors (Lipinski definition) is 2. The minimum Gasteiger partial charge on any atom is -0.508 e. The van der Waals surface area contributed by atoms with Crippen LogP contribution in [0.2, 0.25) is 0 Å². The molecule has 0 aromatic heterocycles. The summed E-state index contributed by atoms with van der Waals surface area (Å²) in [6, 6.07) is 4.22. The largest absolute Gasteiger partial charge is 0.508 e. The summed E-state index contributed by atoms with van der Waals surface area (Å²) in [6.45, 7) is 32.2. The Kier molecular flexibility index (Phi) is 12.4. The number of aromatic hydroxyl groups is 2. The third kappa shape index (κ3) is 9.01. The first-order valence-corrected chi connectivity index (χ1v) is 16.6. The highest BCUT2D eigenvalue weighted by Crippen LogP contribution is 2.47. The molecular weight excluding hydrogens is 500 g/mol. The lowest BCUT2D eigenvalue weighted by atomic mass is 9.66. The lowest BCUT2D eigenvalue weighted by Gasteiger charge is -2.38. The van der Waals surface area contributed by atoms with Crippen LogP contribution in [0.5, 0.6) is 11.5 Å². The fraction of sp³-hybridized carbons (Fsp3) is 0.692. The first-order chi connectivity index (χ1) is 18.9. The van der Waals surface area contributed by atoms with Gasteiger partial charge in [0.2, 0.25) is 0 Å². The van der Waals surface area contributed by atoms with Crippen molar-refractivity contribution in [3.05, 3.63) is 56.6 Å². The van der Waals surface area contributed by atoms with Gasteiger partial charge in [-0.15, -0.1) is 0 Å². The van der Waals surface area contributed by atoms with Crippen molar-refractivity contribution in [2.24, 2.45) is 35.5 Å². The van der Waals surface area contributed by atoms with Crippen LogP contribution in [-0.2, 0) is 43.9 Å². The molecule has 2 heteroatoms. The number of hydrogen-bond donors (Lipinski definition) is 2.